The Hall–Kier alpha value is -2.76. The van der Waals surface area contributed by atoms with Gasteiger partial charge in [0, 0.05) is 16.0 Å². The van der Waals surface area contributed by atoms with Gasteiger partial charge in [0.2, 0.25) is 0 Å². The number of nitrogens with zero attached hydrogens (tertiary/aromatic N) is 2. The number of benzene rings is 3. The lowest BCUT2D eigenvalue weighted by atomic mass is 10.00. The maximum atomic E-state index is 13.5. The Balaban J connectivity index is 1.86. The van der Waals surface area contributed by atoms with Crippen LogP contribution in [-0.4, -0.2) is 16.0 Å². The van der Waals surface area contributed by atoms with Gasteiger partial charge in [0.25, 0.3) is 0 Å². The molecule has 0 fully saturated rings. The van der Waals surface area contributed by atoms with Gasteiger partial charge in [-0.2, -0.15) is 5.10 Å². The highest BCUT2D eigenvalue weighted by atomic mass is 32.2. The Morgan fingerprint density at radius 2 is 1.55 bits per heavy atom. The largest absolute Gasteiger partial charge is 0.250 e. The molecular formula is C24H19FN2S2. The van der Waals surface area contributed by atoms with Gasteiger partial charge < -0.3 is 0 Å². The van der Waals surface area contributed by atoms with E-state index < -0.39 is 0 Å². The molecule has 29 heavy (non-hydrogen) atoms. The Morgan fingerprint density at radius 1 is 0.897 bits per heavy atom. The van der Waals surface area contributed by atoms with Crippen LogP contribution in [-0.2, 0) is 6.54 Å². The molecule has 1 aromatic heterocycles. The van der Waals surface area contributed by atoms with Crippen LogP contribution in [0.5, 0.6) is 0 Å². The zero-order chi connectivity index (χ0) is 20.2. The molecule has 0 atom stereocenters. The van der Waals surface area contributed by atoms with E-state index in [9.17, 15) is 4.39 Å². The molecular weight excluding hydrogens is 399 g/mol. The molecule has 0 bridgehead atoms. The summed E-state index contributed by atoms with van der Waals surface area (Å²) in [6.45, 7) is 0.596. The van der Waals surface area contributed by atoms with Crippen LogP contribution in [0.2, 0.25) is 0 Å². The molecule has 0 aliphatic carbocycles. The van der Waals surface area contributed by atoms with Gasteiger partial charge >= 0.3 is 0 Å². The monoisotopic (exact) mass is 418 g/mol. The van der Waals surface area contributed by atoms with E-state index >= 15 is 0 Å². The first-order chi connectivity index (χ1) is 14.1. The number of rotatable bonds is 5. The van der Waals surface area contributed by atoms with Crippen LogP contribution >= 0.6 is 24.0 Å². The second kappa shape index (κ2) is 8.72. The van der Waals surface area contributed by atoms with E-state index in [1.807, 2.05) is 28.9 Å². The molecule has 4 rings (SSSR count). The highest BCUT2D eigenvalue weighted by Crippen LogP contribution is 2.32. The summed E-state index contributed by atoms with van der Waals surface area (Å²) in [6.07, 6.45) is 2.05. The number of thioether (sulfide) groups is 1. The van der Waals surface area contributed by atoms with Crippen LogP contribution in [0.1, 0.15) is 5.56 Å². The Kier molecular flexibility index (Phi) is 5.88. The molecule has 1 heterocycles. The van der Waals surface area contributed by atoms with Crippen molar-refractivity contribution >= 4 is 24.0 Å². The summed E-state index contributed by atoms with van der Waals surface area (Å²) in [7, 11) is 0. The van der Waals surface area contributed by atoms with Gasteiger partial charge in [-0.15, -0.1) is 11.8 Å². The predicted octanol–water partition coefficient (Wildman–Crippen LogP) is 6.86. The van der Waals surface area contributed by atoms with Crippen LogP contribution in [0.4, 0.5) is 4.39 Å². The number of hydrogen-bond donors (Lipinski definition) is 0. The van der Waals surface area contributed by atoms with Crippen molar-refractivity contribution in [3.05, 3.63) is 101 Å². The van der Waals surface area contributed by atoms with Crippen molar-refractivity contribution in [2.45, 2.75) is 11.4 Å². The fourth-order valence-corrected chi connectivity index (χ4v) is 3.80. The molecule has 0 unspecified atom stereocenters. The molecule has 0 radical (unpaired) electrons. The maximum absolute atomic E-state index is 13.5. The summed E-state index contributed by atoms with van der Waals surface area (Å²) in [4.78, 5) is 1.19. The van der Waals surface area contributed by atoms with Crippen molar-refractivity contribution in [2.75, 3.05) is 6.26 Å². The summed E-state index contributed by atoms with van der Waals surface area (Å²) in [6, 6.07) is 26.8. The Labute approximate surface area is 179 Å². The highest BCUT2D eigenvalue weighted by Gasteiger charge is 2.13. The molecule has 0 spiro atoms. The average molecular weight is 419 g/mol. The number of hydrogen-bond acceptors (Lipinski definition) is 3. The molecule has 5 heteroatoms. The van der Waals surface area contributed by atoms with Crippen LogP contribution in [0.15, 0.2) is 89.8 Å². The van der Waals surface area contributed by atoms with E-state index in [1.54, 1.807) is 23.9 Å². The summed E-state index contributed by atoms with van der Waals surface area (Å²) < 4.78 is 15.9. The van der Waals surface area contributed by atoms with Crippen molar-refractivity contribution in [2.24, 2.45) is 0 Å². The van der Waals surface area contributed by atoms with Crippen LogP contribution in [0.3, 0.4) is 0 Å². The quantitative estimate of drug-likeness (QED) is 0.261. The Bertz CT molecular complexity index is 1170. The fourth-order valence-electron chi connectivity index (χ4n) is 3.17. The molecule has 3 aromatic carbocycles. The first kappa shape index (κ1) is 19.6. The van der Waals surface area contributed by atoms with Crippen molar-refractivity contribution in [1.82, 2.24) is 9.78 Å². The average Bonchev–Trinajstić information content (AvgIpc) is 2.76. The van der Waals surface area contributed by atoms with Gasteiger partial charge in [0.05, 0.1) is 12.2 Å². The Morgan fingerprint density at radius 3 is 2.21 bits per heavy atom. The second-order valence-corrected chi connectivity index (χ2v) is 7.92. The first-order valence-corrected chi connectivity index (χ1v) is 10.8. The van der Waals surface area contributed by atoms with E-state index in [0.717, 1.165) is 27.9 Å². The van der Waals surface area contributed by atoms with Crippen LogP contribution < -0.4 is 0 Å². The first-order valence-electron chi connectivity index (χ1n) is 9.20. The topological polar surface area (TPSA) is 17.8 Å². The van der Waals surface area contributed by atoms with E-state index in [-0.39, 0.29) is 5.82 Å². The fraction of sp³-hybridized carbons (Fsp3) is 0.0833. The molecule has 144 valence electrons. The van der Waals surface area contributed by atoms with Gasteiger partial charge in [-0.1, -0.05) is 66.8 Å². The lowest BCUT2D eigenvalue weighted by Crippen LogP contribution is -2.09. The van der Waals surface area contributed by atoms with E-state index in [4.69, 9.17) is 17.3 Å². The SMILES string of the molecule is CSc1ccc(-c2nn(Cc3ccccc3)c(=S)cc2-c2ccc(F)cc2)cc1. The highest BCUT2D eigenvalue weighted by molar-refractivity contribution is 7.98. The maximum Gasteiger partial charge on any atom is 0.123 e. The molecule has 2 nitrogen and oxygen atoms in total. The smallest absolute Gasteiger partial charge is 0.123 e. The van der Waals surface area contributed by atoms with Crippen LogP contribution in [0, 0.1) is 10.5 Å². The molecule has 0 N–H and O–H groups in total. The number of aromatic nitrogens is 2. The molecule has 0 saturated carbocycles. The normalized spacial score (nSPS) is 10.8. The minimum absolute atomic E-state index is 0.263. The van der Waals surface area contributed by atoms with Gasteiger partial charge in [-0.25, -0.2) is 9.07 Å². The minimum atomic E-state index is -0.263. The van der Waals surface area contributed by atoms with Crippen molar-refractivity contribution in [3.8, 4) is 22.4 Å². The van der Waals surface area contributed by atoms with Gasteiger partial charge in [-0.3, -0.25) is 0 Å². The second-order valence-electron chi connectivity index (χ2n) is 6.62. The zero-order valence-corrected chi connectivity index (χ0v) is 17.5. The van der Waals surface area contributed by atoms with Gasteiger partial charge in [-0.05, 0) is 47.7 Å². The van der Waals surface area contributed by atoms with Crippen LogP contribution in [0.25, 0.3) is 22.4 Å². The minimum Gasteiger partial charge on any atom is -0.250 e. The molecule has 0 aliphatic rings. The molecule has 4 aromatic rings. The standard InChI is InChI=1S/C24H19FN2S2/c1-29-21-13-9-19(10-14-21)24-22(18-7-11-20(25)12-8-18)15-23(28)27(26-24)16-17-5-3-2-4-6-17/h2-15H,16H2,1H3. The number of halogens is 1. The van der Waals surface area contributed by atoms with E-state index in [0.29, 0.717) is 11.2 Å². The molecule has 0 amide bonds. The van der Waals surface area contributed by atoms with E-state index in [1.165, 1.54) is 17.0 Å². The third-order valence-corrected chi connectivity index (χ3v) is 5.76. The van der Waals surface area contributed by atoms with Crippen molar-refractivity contribution in [3.63, 3.8) is 0 Å². The third-order valence-electron chi connectivity index (χ3n) is 4.69. The third kappa shape index (κ3) is 4.47. The zero-order valence-electron chi connectivity index (χ0n) is 15.9. The lowest BCUT2D eigenvalue weighted by molar-refractivity contribution is 0.628. The molecule has 0 saturated heterocycles. The van der Waals surface area contributed by atoms with Crippen molar-refractivity contribution < 1.29 is 4.39 Å². The van der Waals surface area contributed by atoms with E-state index in [2.05, 4.69) is 42.7 Å². The summed E-state index contributed by atoms with van der Waals surface area (Å²) in [5.41, 5.74) is 4.75. The molecule has 0 aliphatic heterocycles. The van der Waals surface area contributed by atoms with Crippen molar-refractivity contribution in [1.29, 1.82) is 0 Å². The summed E-state index contributed by atoms with van der Waals surface area (Å²) in [5.74, 6) is -0.263. The van der Waals surface area contributed by atoms with Gasteiger partial charge in [0.15, 0.2) is 0 Å². The summed E-state index contributed by atoms with van der Waals surface area (Å²) in [5, 5.41) is 4.90. The summed E-state index contributed by atoms with van der Waals surface area (Å²) >= 11 is 7.33. The predicted molar refractivity (Wildman–Crippen MR) is 121 cm³/mol. The van der Waals surface area contributed by atoms with Gasteiger partial charge in [0.1, 0.15) is 10.5 Å². The lowest BCUT2D eigenvalue weighted by Gasteiger charge is -2.14.